The van der Waals surface area contributed by atoms with Crippen LogP contribution in [0.4, 0.5) is 0 Å². The highest BCUT2D eigenvalue weighted by molar-refractivity contribution is 5.76. The summed E-state index contributed by atoms with van der Waals surface area (Å²) >= 11 is 0. The van der Waals surface area contributed by atoms with E-state index in [4.69, 9.17) is 9.72 Å². The van der Waals surface area contributed by atoms with Gasteiger partial charge in [0.05, 0.1) is 12.3 Å². The normalized spacial score (nSPS) is 19.2. The van der Waals surface area contributed by atoms with Gasteiger partial charge in [0, 0.05) is 29.7 Å². The van der Waals surface area contributed by atoms with Crippen molar-refractivity contribution in [3.63, 3.8) is 0 Å². The van der Waals surface area contributed by atoms with Crippen molar-refractivity contribution in [2.24, 2.45) is 5.92 Å². The molecule has 1 aliphatic heterocycles. The number of carboxylic acid groups (broad SMARTS) is 1. The minimum atomic E-state index is -0.821. The summed E-state index contributed by atoms with van der Waals surface area (Å²) in [5.74, 6) is 0.308. The second kappa shape index (κ2) is 11.8. The minimum absolute atomic E-state index is 0.0276. The molecule has 0 radical (unpaired) electrons. The standard InChI is InChI=1S/C28H39N3O3/c1-20(2)34-26-18-29-16-14-24(26)27(28(32)33)31-17-15-21(19-31)8-4-3-5-10-23-13-12-22-9-6-7-11-25(22)30-23/h12-14,16,18,20-21,27H,3-11,15,17,19H2,1-2H3,(H,32,33)/t21-,27?/m1/s1. The van der Waals surface area contributed by atoms with Crippen molar-refractivity contribution in [1.29, 1.82) is 0 Å². The summed E-state index contributed by atoms with van der Waals surface area (Å²) in [6.45, 7) is 5.52. The number of likely N-dealkylation sites (tertiary alicyclic amines) is 1. The average molecular weight is 466 g/mol. The first-order chi connectivity index (χ1) is 16.5. The molecule has 0 bridgehead atoms. The van der Waals surface area contributed by atoms with Crippen LogP contribution in [0.2, 0.25) is 0 Å². The van der Waals surface area contributed by atoms with Crippen molar-refractivity contribution in [3.05, 3.63) is 53.1 Å². The van der Waals surface area contributed by atoms with E-state index in [2.05, 4.69) is 22.0 Å². The highest BCUT2D eigenvalue weighted by Crippen LogP contribution is 2.34. The zero-order valence-corrected chi connectivity index (χ0v) is 20.7. The fourth-order valence-electron chi connectivity index (χ4n) is 5.47. The smallest absolute Gasteiger partial charge is 0.325 e. The third-order valence-electron chi connectivity index (χ3n) is 7.17. The summed E-state index contributed by atoms with van der Waals surface area (Å²) < 4.78 is 5.86. The molecule has 184 valence electrons. The zero-order chi connectivity index (χ0) is 23.9. The molecule has 1 saturated heterocycles. The Kier molecular flexibility index (Phi) is 8.54. The maximum absolute atomic E-state index is 12.2. The van der Waals surface area contributed by atoms with Crippen LogP contribution < -0.4 is 4.74 Å². The van der Waals surface area contributed by atoms with Crippen LogP contribution in [0.5, 0.6) is 5.75 Å². The predicted molar refractivity (Wildman–Crippen MR) is 133 cm³/mol. The number of rotatable bonds is 11. The topological polar surface area (TPSA) is 75.6 Å². The van der Waals surface area contributed by atoms with E-state index in [1.54, 1.807) is 18.5 Å². The summed E-state index contributed by atoms with van der Waals surface area (Å²) in [4.78, 5) is 23.4. The number of unbranched alkanes of at least 4 members (excludes halogenated alkanes) is 2. The largest absolute Gasteiger partial charge is 0.489 e. The van der Waals surface area contributed by atoms with E-state index < -0.39 is 12.0 Å². The summed E-state index contributed by atoms with van der Waals surface area (Å²) in [6.07, 6.45) is 15.0. The van der Waals surface area contributed by atoms with E-state index in [-0.39, 0.29) is 6.10 Å². The molecule has 1 aliphatic carbocycles. The first-order valence-electron chi connectivity index (χ1n) is 13.1. The number of aryl methyl sites for hydroxylation is 3. The molecule has 3 heterocycles. The van der Waals surface area contributed by atoms with Crippen LogP contribution in [-0.2, 0) is 24.1 Å². The Morgan fingerprint density at radius 2 is 2.03 bits per heavy atom. The lowest BCUT2D eigenvalue weighted by atomic mass is 9.95. The molecule has 6 nitrogen and oxygen atoms in total. The number of ether oxygens (including phenoxy) is 1. The van der Waals surface area contributed by atoms with Gasteiger partial charge in [0.15, 0.2) is 0 Å². The summed E-state index contributed by atoms with van der Waals surface area (Å²) in [5, 5.41) is 10.0. The number of hydrogen-bond donors (Lipinski definition) is 1. The highest BCUT2D eigenvalue weighted by Gasteiger charge is 2.35. The van der Waals surface area contributed by atoms with Crippen LogP contribution in [0.1, 0.15) is 87.3 Å². The molecular formula is C28H39N3O3. The Labute approximate surface area is 203 Å². The molecule has 2 aromatic heterocycles. The molecule has 2 aliphatic rings. The quantitative estimate of drug-likeness (QED) is 0.448. The predicted octanol–water partition coefficient (Wildman–Crippen LogP) is 5.39. The molecule has 6 heteroatoms. The summed E-state index contributed by atoms with van der Waals surface area (Å²) in [6, 6.07) is 5.63. The maximum Gasteiger partial charge on any atom is 0.325 e. The molecule has 0 aromatic carbocycles. The SMILES string of the molecule is CC(C)Oc1cnccc1C(C(=O)O)N1CC[C@@H](CCCCCc2ccc3c(n2)CCCC3)C1. The van der Waals surface area contributed by atoms with Crippen molar-refractivity contribution in [3.8, 4) is 5.75 Å². The number of aliphatic carboxylic acids is 1. The van der Waals surface area contributed by atoms with Crippen molar-refractivity contribution >= 4 is 5.97 Å². The van der Waals surface area contributed by atoms with Gasteiger partial charge in [-0.1, -0.05) is 18.9 Å². The van der Waals surface area contributed by atoms with Crippen LogP contribution >= 0.6 is 0 Å². The third kappa shape index (κ3) is 6.35. The van der Waals surface area contributed by atoms with Crippen LogP contribution in [0.25, 0.3) is 0 Å². The minimum Gasteiger partial charge on any atom is -0.489 e. The molecule has 0 saturated carbocycles. The lowest BCUT2D eigenvalue weighted by Crippen LogP contribution is -2.33. The molecule has 2 aromatic rings. The molecule has 34 heavy (non-hydrogen) atoms. The number of nitrogens with zero attached hydrogens (tertiary/aromatic N) is 3. The fraction of sp³-hybridized carbons (Fsp3) is 0.607. The van der Waals surface area contributed by atoms with Gasteiger partial charge in [-0.05, 0) is 95.4 Å². The van der Waals surface area contributed by atoms with Crippen LogP contribution in [0.15, 0.2) is 30.6 Å². The van der Waals surface area contributed by atoms with Gasteiger partial charge < -0.3 is 9.84 Å². The molecule has 4 rings (SSSR count). The van der Waals surface area contributed by atoms with E-state index >= 15 is 0 Å². The fourth-order valence-corrected chi connectivity index (χ4v) is 5.47. The van der Waals surface area contributed by atoms with E-state index in [1.807, 2.05) is 13.8 Å². The van der Waals surface area contributed by atoms with Crippen molar-refractivity contribution in [2.75, 3.05) is 13.1 Å². The Morgan fingerprint density at radius 3 is 2.85 bits per heavy atom. The molecule has 0 amide bonds. The third-order valence-corrected chi connectivity index (χ3v) is 7.17. The zero-order valence-electron chi connectivity index (χ0n) is 20.7. The monoisotopic (exact) mass is 465 g/mol. The second-order valence-corrected chi connectivity index (χ2v) is 10.2. The number of aromatic nitrogens is 2. The number of pyridine rings is 2. The molecule has 2 atom stereocenters. The van der Waals surface area contributed by atoms with Gasteiger partial charge in [-0.3, -0.25) is 19.7 Å². The molecular weight excluding hydrogens is 426 g/mol. The van der Waals surface area contributed by atoms with Gasteiger partial charge >= 0.3 is 5.97 Å². The van der Waals surface area contributed by atoms with E-state index in [9.17, 15) is 9.90 Å². The summed E-state index contributed by atoms with van der Waals surface area (Å²) in [7, 11) is 0. The first kappa shape index (κ1) is 24.6. The van der Waals surface area contributed by atoms with Gasteiger partial charge in [0.1, 0.15) is 11.8 Å². The van der Waals surface area contributed by atoms with Crippen molar-refractivity contribution in [2.45, 2.75) is 90.2 Å². The van der Waals surface area contributed by atoms with Crippen LogP contribution in [-0.4, -0.2) is 45.1 Å². The Bertz CT molecular complexity index is 962. The Balaban J connectivity index is 1.24. The molecule has 1 N–H and O–H groups in total. The molecule has 1 fully saturated rings. The van der Waals surface area contributed by atoms with Crippen LogP contribution in [0, 0.1) is 5.92 Å². The first-order valence-corrected chi connectivity index (χ1v) is 13.1. The van der Waals surface area contributed by atoms with Gasteiger partial charge in [-0.2, -0.15) is 0 Å². The van der Waals surface area contributed by atoms with E-state index in [1.165, 1.54) is 55.5 Å². The maximum atomic E-state index is 12.2. The van der Waals surface area contributed by atoms with E-state index in [0.717, 1.165) is 38.8 Å². The van der Waals surface area contributed by atoms with Gasteiger partial charge in [-0.25, -0.2) is 0 Å². The number of fused-ring (bicyclic) bond motifs is 1. The van der Waals surface area contributed by atoms with Gasteiger partial charge in [0.25, 0.3) is 0 Å². The van der Waals surface area contributed by atoms with Gasteiger partial charge in [-0.15, -0.1) is 0 Å². The highest BCUT2D eigenvalue weighted by atomic mass is 16.5. The Hall–Kier alpha value is -2.47. The van der Waals surface area contributed by atoms with E-state index in [0.29, 0.717) is 17.2 Å². The lowest BCUT2D eigenvalue weighted by Gasteiger charge is -2.26. The van der Waals surface area contributed by atoms with Crippen molar-refractivity contribution in [1.82, 2.24) is 14.9 Å². The molecule has 0 spiro atoms. The number of carboxylic acids is 1. The number of hydrogen-bond acceptors (Lipinski definition) is 5. The van der Waals surface area contributed by atoms with Gasteiger partial charge in [0.2, 0.25) is 0 Å². The van der Waals surface area contributed by atoms with Crippen molar-refractivity contribution < 1.29 is 14.6 Å². The summed E-state index contributed by atoms with van der Waals surface area (Å²) in [5.41, 5.74) is 4.73. The lowest BCUT2D eigenvalue weighted by molar-refractivity contribution is -0.143. The Morgan fingerprint density at radius 1 is 1.18 bits per heavy atom. The average Bonchev–Trinajstić information content (AvgIpc) is 3.27. The second-order valence-electron chi connectivity index (χ2n) is 10.2. The number of carbonyl (C=O) groups is 1. The van der Waals surface area contributed by atoms with Crippen LogP contribution in [0.3, 0.4) is 0 Å². The molecule has 1 unspecified atom stereocenters.